The van der Waals surface area contributed by atoms with Crippen molar-refractivity contribution in [2.24, 2.45) is 5.92 Å². The largest absolute Gasteiger partial charge is 0.339 e. The lowest BCUT2D eigenvalue weighted by Gasteiger charge is -2.36. The van der Waals surface area contributed by atoms with Crippen LogP contribution in [-0.4, -0.2) is 50.6 Å². The Morgan fingerprint density at radius 2 is 2.32 bits per heavy atom. The molecular weight excluding hydrogens is 316 g/mol. The molecule has 3 heterocycles. The smallest absolute Gasteiger partial charge is 0.226 e. The van der Waals surface area contributed by atoms with Crippen molar-refractivity contribution in [3.63, 3.8) is 0 Å². The van der Waals surface area contributed by atoms with Crippen molar-refractivity contribution in [2.75, 3.05) is 19.6 Å². The van der Waals surface area contributed by atoms with Crippen LogP contribution in [0.25, 0.3) is 0 Å². The van der Waals surface area contributed by atoms with Gasteiger partial charge in [0.2, 0.25) is 5.91 Å². The van der Waals surface area contributed by atoms with Crippen LogP contribution in [0.5, 0.6) is 0 Å². The Morgan fingerprint density at radius 3 is 3.12 bits per heavy atom. The van der Waals surface area contributed by atoms with Crippen molar-refractivity contribution in [1.29, 1.82) is 0 Å². The number of nitrogens with zero attached hydrogens (tertiary/aromatic N) is 4. The second-order valence-corrected chi connectivity index (χ2v) is 6.87. The predicted octanol–water partition coefficient (Wildman–Crippen LogP) is 1.04. The van der Waals surface area contributed by atoms with Gasteiger partial charge in [-0.25, -0.2) is 9.97 Å². The Kier molecular flexibility index (Phi) is 4.48. The maximum Gasteiger partial charge on any atom is 0.226 e. The number of hydrogen-bond acceptors (Lipinski definition) is 5. The molecule has 2 aromatic rings. The summed E-state index contributed by atoms with van der Waals surface area (Å²) in [7, 11) is 0. The number of H-pyrrole nitrogens is 1. The number of nitrogens with one attached hydrogen (secondary N) is 2. The molecule has 25 heavy (non-hydrogen) atoms. The van der Waals surface area contributed by atoms with E-state index in [2.05, 4.69) is 32.4 Å². The van der Waals surface area contributed by atoms with Gasteiger partial charge in [-0.15, -0.1) is 0 Å². The van der Waals surface area contributed by atoms with Crippen molar-refractivity contribution in [1.82, 2.24) is 30.4 Å². The van der Waals surface area contributed by atoms with E-state index in [-0.39, 0.29) is 17.9 Å². The summed E-state index contributed by atoms with van der Waals surface area (Å²) < 4.78 is 0. The van der Waals surface area contributed by atoms with E-state index in [9.17, 15) is 4.79 Å². The van der Waals surface area contributed by atoms with E-state index >= 15 is 0 Å². The average Bonchev–Trinajstić information content (AvgIpc) is 3.21. The van der Waals surface area contributed by atoms with Crippen molar-refractivity contribution in [3.8, 4) is 0 Å². The zero-order valence-electron chi connectivity index (χ0n) is 14.5. The topological polar surface area (TPSA) is 86.8 Å². The van der Waals surface area contributed by atoms with Gasteiger partial charge >= 0.3 is 0 Å². The minimum Gasteiger partial charge on any atom is -0.339 e. The number of fused-ring (bicyclic) bond motifs is 1. The second kappa shape index (κ2) is 6.92. The summed E-state index contributed by atoms with van der Waals surface area (Å²) >= 11 is 0. The quantitative estimate of drug-likeness (QED) is 0.872. The Balaban J connectivity index is 1.44. The zero-order chi connectivity index (χ0) is 17.2. The fourth-order valence-corrected chi connectivity index (χ4v) is 3.81. The fourth-order valence-electron chi connectivity index (χ4n) is 3.81. The van der Waals surface area contributed by atoms with Gasteiger partial charge in [0.1, 0.15) is 5.82 Å². The molecule has 1 saturated heterocycles. The molecule has 7 nitrogen and oxygen atoms in total. The van der Waals surface area contributed by atoms with Crippen LogP contribution in [0.15, 0.2) is 18.6 Å². The maximum atomic E-state index is 13.0. The number of aromatic nitrogens is 4. The highest BCUT2D eigenvalue weighted by atomic mass is 16.2. The fraction of sp³-hybridized carbons (Fsp3) is 0.556. The summed E-state index contributed by atoms with van der Waals surface area (Å²) in [5.41, 5.74) is 3.38. The molecule has 1 amide bonds. The van der Waals surface area contributed by atoms with Gasteiger partial charge in [-0.1, -0.05) is 6.92 Å². The number of hydrogen-bond donors (Lipinski definition) is 2. The Labute approximate surface area is 147 Å². The van der Waals surface area contributed by atoms with E-state index < -0.39 is 0 Å². The molecule has 0 saturated carbocycles. The molecule has 1 aliphatic heterocycles. The third-order valence-corrected chi connectivity index (χ3v) is 5.27. The molecule has 2 unspecified atom stereocenters. The molecule has 2 atom stereocenters. The van der Waals surface area contributed by atoms with Gasteiger partial charge in [0.05, 0.1) is 12.2 Å². The molecule has 1 fully saturated rings. The SMILES string of the molecule is CCc1ncc2c(n1)CCC(C(=O)N1CCNC(c3cn[nH]c3)C1)C2. The van der Waals surface area contributed by atoms with E-state index in [1.807, 2.05) is 23.5 Å². The van der Waals surface area contributed by atoms with Gasteiger partial charge in [-0.3, -0.25) is 9.89 Å². The predicted molar refractivity (Wildman–Crippen MR) is 92.8 cm³/mol. The number of carbonyl (C=O) groups excluding carboxylic acids is 1. The molecule has 2 aromatic heterocycles. The third kappa shape index (κ3) is 3.28. The Hall–Kier alpha value is -2.28. The molecule has 0 aromatic carbocycles. The molecule has 132 valence electrons. The monoisotopic (exact) mass is 340 g/mol. The second-order valence-electron chi connectivity index (χ2n) is 6.87. The molecular formula is C18H24N6O. The number of rotatable bonds is 3. The van der Waals surface area contributed by atoms with E-state index in [1.54, 1.807) is 0 Å². The van der Waals surface area contributed by atoms with Crippen molar-refractivity contribution < 1.29 is 4.79 Å². The lowest BCUT2D eigenvalue weighted by Crippen LogP contribution is -2.50. The molecule has 0 spiro atoms. The van der Waals surface area contributed by atoms with Gasteiger partial charge in [-0.2, -0.15) is 5.10 Å². The van der Waals surface area contributed by atoms with Crippen LogP contribution in [0.2, 0.25) is 0 Å². The van der Waals surface area contributed by atoms with E-state index in [0.717, 1.165) is 61.4 Å². The standard InChI is InChI=1S/C18H24N6O/c1-2-17-20-8-13-7-12(3-4-15(13)23-17)18(25)24-6-5-19-16(11-24)14-9-21-22-10-14/h8-10,12,16,19H,2-7,11H2,1H3,(H,21,22). The summed E-state index contributed by atoms with van der Waals surface area (Å²) in [6, 6.07) is 0.155. The van der Waals surface area contributed by atoms with Gasteiger partial charge in [-0.05, 0) is 24.8 Å². The summed E-state index contributed by atoms with van der Waals surface area (Å²) in [4.78, 5) is 24.1. The van der Waals surface area contributed by atoms with E-state index in [1.165, 1.54) is 0 Å². The number of carbonyl (C=O) groups is 1. The first-order valence-electron chi connectivity index (χ1n) is 9.09. The van der Waals surface area contributed by atoms with Crippen molar-refractivity contribution in [2.45, 2.75) is 38.6 Å². The van der Waals surface area contributed by atoms with Crippen LogP contribution >= 0.6 is 0 Å². The molecule has 0 radical (unpaired) electrons. The van der Waals surface area contributed by atoms with Crippen molar-refractivity contribution >= 4 is 5.91 Å². The van der Waals surface area contributed by atoms with Crippen LogP contribution in [0.4, 0.5) is 0 Å². The summed E-state index contributed by atoms with van der Waals surface area (Å²) in [5, 5.41) is 10.3. The highest BCUT2D eigenvalue weighted by molar-refractivity contribution is 5.79. The summed E-state index contributed by atoms with van der Waals surface area (Å²) in [6.07, 6.45) is 9.01. The van der Waals surface area contributed by atoms with Crippen LogP contribution < -0.4 is 5.32 Å². The maximum absolute atomic E-state index is 13.0. The Morgan fingerprint density at radius 1 is 1.40 bits per heavy atom. The first-order chi connectivity index (χ1) is 12.2. The number of amides is 1. The highest BCUT2D eigenvalue weighted by Gasteiger charge is 2.32. The van der Waals surface area contributed by atoms with Gasteiger partial charge < -0.3 is 10.2 Å². The van der Waals surface area contributed by atoms with Gasteiger partial charge in [0.25, 0.3) is 0 Å². The van der Waals surface area contributed by atoms with Gasteiger partial charge in [0, 0.05) is 55.6 Å². The normalized spacial score (nSPS) is 23.3. The number of aromatic amines is 1. The third-order valence-electron chi connectivity index (χ3n) is 5.27. The molecule has 2 N–H and O–H groups in total. The van der Waals surface area contributed by atoms with Crippen LogP contribution in [0.1, 0.15) is 42.0 Å². The first-order valence-corrected chi connectivity index (χ1v) is 9.09. The molecule has 0 bridgehead atoms. The van der Waals surface area contributed by atoms with Gasteiger partial charge in [0.15, 0.2) is 0 Å². The van der Waals surface area contributed by atoms with Crippen LogP contribution in [0, 0.1) is 5.92 Å². The first kappa shape index (κ1) is 16.2. The zero-order valence-corrected chi connectivity index (χ0v) is 14.5. The minimum absolute atomic E-state index is 0.0478. The van der Waals surface area contributed by atoms with Crippen LogP contribution in [0.3, 0.4) is 0 Å². The average molecular weight is 340 g/mol. The number of aryl methyl sites for hydroxylation is 2. The Bertz CT molecular complexity index is 744. The summed E-state index contributed by atoms with van der Waals surface area (Å²) in [6.45, 7) is 4.35. The minimum atomic E-state index is 0.0478. The van der Waals surface area contributed by atoms with E-state index in [4.69, 9.17) is 0 Å². The molecule has 4 rings (SSSR count). The van der Waals surface area contributed by atoms with Crippen molar-refractivity contribution in [3.05, 3.63) is 41.2 Å². The molecule has 2 aliphatic rings. The number of piperazine rings is 1. The highest BCUT2D eigenvalue weighted by Crippen LogP contribution is 2.27. The van der Waals surface area contributed by atoms with E-state index in [0.29, 0.717) is 6.54 Å². The molecule has 7 heteroatoms. The lowest BCUT2D eigenvalue weighted by molar-refractivity contribution is -0.137. The lowest BCUT2D eigenvalue weighted by atomic mass is 9.86. The van der Waals surface area contributed by atoms with Crippen LogP contribution in [-0.2, 0) is 24.1 Å². The molecule has 1 aliphatic carbocycles. The summed E-state index contributed by atoms with van der Waals surface area (Å²) in [5.74, 6) is 1.21.